The summed E-state index contributed by atoms with van der Waals surface area (Å²) in [5, 5.41) is 6.92. The van der Waals surface area contributed by atoms with Crippen LogP contribution in [0.2, 0.25) is 0 Å². The van der Waals surface area contributed by atoms with Crippen molar-refractivity contribution in [1.82, 2.24) is 15.6 Å². The van der Waals surface area contributed by atoms with Crippen LogP contribution in [0.3, 0.4) is 0 Å². The number of aromatic nitrogens is 1. The Morgan fingerprint density at radius 1 is 1.32 bits per heavy atom. The zero-order chi connectivity index (χ0) is 15.8. The number of methoxy groups -OCH3 is 1. The van der Waals surface area contributed by atoms with Gasteiger partial charge >= 0.3 is 0 Å². The highest BCUT2D eigenvalue weighted by atomic mass is 32.1. The average molecular weight is 319 g/mol. The van der Waals surface area contributed by atoms with Gasteiger partial charge in [0.25, 0.3) is 0 Å². The fourth-order valence-electron chi connectivity index (χ4n) is 1.91. The lowest BCUT2D eigenvalue weighted by molar-refractivity contribution is -0.120. The van der Waals surface area contributed by atoms with Crippen molar-refractivity contribution < 1.29 is 9.53 Å². The summed E-state index contributed by atoms with van der Waals surface area (Å²) < 4.78 is 4.91. The number of carbonyl (C=O) groups is 1. The van der Waals surface area contributed by atoms with Crippen molar-refractivity contribution in [3.05, 3.63) is 40.9 Å². The summed E-state index contributed by atoms with van der Waals surface area (Å²) in [6, 6.07) is 10.1. The number of hydrogen-bond donors (Lipinski definition) is 2. The lowest BCUT2D eigenvalue weighted by atomic mass is 10.2. The molecule has 1 aromatic heterocycles. The van der Waals surface area contributed by atoms with E-state index in [0.29, 0.717) is 26.2 Å². The first-order valence-corrected chi connectivity index (χ1v) is 8.00. The molecule has 0 atom stereocenters. The smallest absolute Gasteiger partial charge is 0.234 e. The highest BCUT2D eigenvalue weighted by Gasteiger charge is 2.10. The van der Waals surface area contributed by atoms with Crippen LogP contribution in [0.25, 0.3) is 10.6 Å². The molecule has 0 radical (unpaired) electrons. The average Bonchev–Trinajstić information content (AvgIpc) is 2.91. The van der Waals surface area contributed by atoms with E-state index < -0.39 is 0 Å². The second kappa shape index (κ2) is 8.63. The maximum atomic E-state index is 11.7. The first kappa shape index (κ1) is 16.6. The number of carbonyl (C=O) groups excluding carboxylic acids is 1. The van der Waals surface area contributed by atoms with Crippen LogP contribution in [-0.2, 0) is 16.1 Å². The van der Waals surface area contributed by atoms with Crippen molar-refractivity contribution >= 4 is 17.2 Å². The van der Waals surface area contributed by atoms with Crippen molar-refractivity contribution in [1.29, 1.82) is 0 Å². The molecule has 0 aliphatic rings. The number of aryl methyl sites for hydroxylation is 1. The van der Waals surface area contributed by atoms with E-state index in [0.717, 1.165) is 21.1 Å². The third-order valence-electron chi connectivity index (χ3n) is 3.13. The minimum atomic E-state index is -0.0230. The van der Waals surface area contributed by atoms with Gasteiger partial charge in [-0.3, -0.25) is 4.79 Å². The SMILES string of the molecule is COCCNCC(=O)NCc1sc(-c2ccccc2)nc1C. The zero-order valence-electron chi connectivity index (χ0n) is 12.9. The summed E-state index contributed by atoms with van der Waals surface area (Å²) in [6.07, 6.45) is 0. The van der Waals surface area contributed by atoms with Crippen LogP contribution >= 0.6 is 11.3 Å². The van der Waals surface area contributed by atoms with E-state index in [9.17, 15) is 4.79 Å². The molecule has 0 bridgehead atoms. The van der Waals surface area contributed by atoms with Gasteiger partial charge in [0.2, 0.25) is 5.91 Å². The van der Waals surface area contributed by atoms with Gasteiger partial charge in [0.15, 0.2) is 0 Å². The lowest BCUT2D eigenvalue weighted by Gasteiger charge is -2.05. The molecule has 6 heteroatoms. The topological polar surface area (TPSA) is 63.2 Å². The largest absolute Gasteiger partial charge is 0.383 e. The summed E-state index contributed by atoms with van der Waals surface area (Å²) in [7, 11) is 1.64. The Hall–Kier alpha value is -1.76. The lowest BCUT2D eigenvalue weighted by Crippen LogP contribution is -2.34. The van der Waals surface area contributed by atoms with Crippen molar-refractivity contribution in [3.8, 4) is 10.6 Å². The number of thiazole rings is 1. The number of rotatable bonds is 8. The van der Waals surface area contributed by atoms with Gasteiger partial charge in [0.05, 0.1) is 25.4 Å². The molecule has 0 saturated heterocycles. The summed E-state index contributed by atoms with van der Waals surface area (Å²) in [4.78, 5) is 17.4. The molecule has 0 unspecified atom stereocenters. The van der Waals surface area contributed by atoms with E-state index in [1.54, 1.807) is 18.4 Å². The van der Waals surface area contributed by atoms with Gasteiger partial charge < -0.3 is 15.4 Å². The third kappa shape index (κ3) is 4.91. The first-order valence-electron chi connectivity index (χ1n) is 7.18. The standard InChI is InChI=1S/C16H21N3O2S/c1-12-14(10-18-15(20)11-17-8-9-21-2)22-16(19-12)13-6-4-3-5-7-13/h3-7,17H,8-11H2,1-2H3,(H,18,20). The van der Waals surface area contributed by atoms with E-state index in [1.165, 1.54) is 0 Å². The van der Waals surface area contributed by atoms with Crippen molar-refractivity contribution in [2.24, 2.45) is 0 Å². The molecule has 2 N–H and O–H groups in total. The van der Waals surface area contributed by atoms with Gasteiger partial charge in [-0.2, -0.15) is 0 Å². The molecule has 2 aromatic rings. The van der Waals surface area contributed by atoms with Crippen LogP contribution < -0.4 is 10.6 Å². The fraction of sp³-hybridized carbons (Fsp3) is 0.375. The molecule has 1 aromatic carbocycles. The molecule has 0 saturated carbocycles. The number of benzene rings is 1. The molecule has 5 nitrogen and oxygen atoms in total. The predicted octanol–water partition coefficient (Wildman–Crippen LogP) is 1.97. The van der Waals surface area contributed by atoms with E-state index >= 15 is 0 Å². The molecular weight excluding hydrogens is 298 g/mol. The Morgan fingerprint density at radius 3 is 2.82 bits per heavy atom. The van der Waals surface area contributed by atoms with Crippen molar-refractivity contribution in [2.45, 2.75) is 13.5 Å². The van der Waals surface area contributed by atoms with Gasteiger partial charge in [-0.15, -0.1) is 11.3 Å². The molecule has 0 aliphatic carbocycles. The van der Waals surface area contributed by atoms with E-state index in [1.807, 2.05) is 37.3 Å². The molecule has 1 heterocycles. The van der Waals surface area contributed by atoms with E-state index in [2.05, 4.69) is 15.6 Å². The normalized spacial score (nSPS) is 10.6. The molecule has 118 valence electrons. The Morgan fingerprint density at radius 2 is 2.09 bits per heavy atom. The second-order valence-electron chi connectivity index (χ2n) is 4.84. The highest BCUT2D eigenvalue weighted by Crippen LogP contribution is 2.27. The molecule has 2 rings (SSSR count). The van der Waals surface area contributed by atoms with Crippen molar-refractivity contribution in [3.63, 3.8) is 0 Å². The molecule has 0 aliphatic heterocycles. The molecule has 1 amide bonds. The summed E-state index contributed by atoms with van der Waals surface area (Å²) in [5.41, 5.74) is 2.07. The van der Waals surface area contributed by atoms with Gasteiger partial charge in [-0.25, -0.2) is 4.98 Å². The molecule has 0 fully saturated rings. The zero-order valence-corrected chi connectivity index (χ0v) is 13.7. The second-order valence-corrected chi connectivity index (χ2v) is 5.92. The van der Waals surface area contributed by atoms with E-state index in [4.69, 9.17) is 4.74 Å². The highest BCUT2D eigenvalue weighted by molar-refractivity contribution is 7.15. The van der Waals surface area contributed by atoms with E-state index in [-0.39, 0.29) is 5.91 Å². The number of nitrogens with one attached hydrogen (secondary N) is 2. The van der Waals surface area contributed by atoms with Crippen LogP contribution in [-0.4, -0.2) is 37.7 Å². The molecule has 22 heavy (non-hydrogen) atoms. The minimum absolute atomic E-state index is 0.0230. The van der Waals surface area contributed by atoms with Crippen LogP contribution in [0.1, 0.15) is 10.6 Å². The Balaban J connectivity index is 1.86. The van der Waals surface area contributed by atoms with Gasteiger partial charge in [0, 0.05) is 24.1 Å². The quantitative estimate of drug-likeness (QED) is 0.730. The van der Waals surface area contributed by atoms with Crippen LogP contribution in [0.4, 0.5) is 0 Å². The maximum Gasteiger partial charge on any atom is 0.234 e. The number of amides is 1. The minimum Gasteiger partial charge on any atom is -0.383 e. The van der Waals surface area contributed by atoms with Gasteiger partial charge in [0.1, 0.15) is 5.01 Å². The van der Waals surface area contributed by atoms with Gasteiger partial charge in [-0.1, -0.05) is 30.3 Å². The van der Waals surface area contributed by atoms with Crippen molar-refractivity contribution in [2.75, 3.05) is 26.8 Å². The summed E-state index contributed by atoms with van der Waals surface area (Å²) in [5.74, 6) is -0.0230. The maximum absolute atomic E-state index is 11.7. The van der Waals surface area contributed by atoms with Crippen LogP contribution in [0.15, 0.2) is 30.3 Å². The predicted molar refractivity (Wildman–Crippen MR) is 88.9 cm³/mol. The number of nitrogens with zero attached hydrogens (tertiary/aromatic N) is 1. The van der Waals surface area contributed by atoms with Crippen LogP contribution in [0, 0.1) is 6.92 Å². The molecule has 0 spiro atoms. The Kier molecular flexibility index (Phi) is 6.51. The monoisotopic (exact) mass is 319 g/mol. The Labute approximate surface area is 134 Å². The molecular formula is C16H21N3O2S. The first-order chi connectivity index (χ1) is 10.7. The summed E-state index contributed by atoms with van der Waals surface area (Å²) in [6.45, 7) is 4.05. The fourth-order valence-corrected chi connectivity index (χ4v) is 2.92. The third-order valence-corrected chi connectivity index (χ3v) is 4.33. The van der Waals surface area contributed by atoms with Crippen LogP contribution in [0.5, 0.6) is 0 Å². The number of ether oxygens (including phenoxy) is 1. The summed E-state index contributed by atoms with van der Waals surface area (Å²) >= 11 is 1.62. The van der Waals surface area contributed by atoms with Gasteiger partial charge in [-0.05, 0) is 6.92 Å². The Bertz CT molecular complexity index is 599. The number of hydrogen-bond acceptors (Lipinski definition) is 5.